The van der Waals surface area contributed by atoms with Gasteiger partial charge in [-0.2, -0.15) is 0 Å². The van der Waals surface area contributed by atoms with E-state index in [-0.39, 0.29) is 28.2 Å². The first kappa shape index (κ1) is 19.2. The molecule has 6 nitrogen and oxygen atoms in total. The molecule has 0 bridgehead atoms. The SMILES string of the molecule is O=C(COC(=O)c1ccc2c(c1)C(=O)N(c1ccc(F)cc1)C2=O)c1ccccc1. The third-order valence-electron chi connectivity index (χ3n) is 4.64. The number of carbonyl (C=O) groups is 4. The van der Waals surface area contributed by atoms with Crippen LogP contribution in [0.15, 0.2) is 72.8 Å². The average Bonchev–Trinajstić information content (AvgIpc) is 3.02. The number of hydrogen-bond donors (Lipinski definition) is 0. The number of esters is 1. The maximum atomic E-state index is 13.1. The van der Waals surface area contributed by atoms with E-state index in [1.54, 1.807) is 30.3 Å². The summed E-state index contributed by atoms with van der Waals surface area (Å²) in [7, 11) is 0. The van der Waals surface area contributed by atoms with Crippen molar-refractivity contribution in [1.29, 1.82) is 0 Å². The van der Waals surface area contributed by atoms with Crippen molar-refractivity contribution < 1.29 is 28.3 Å². The molecule has 0 radical (unpaired) electrons. The predicted octanol–water partition coefficient (Wildman–Crippen LogP) is 3.67. The summed E-state index contributed by atoms with van der Waals surface area (Å²) in [5.74, 6) is -2.84. The zero-order valence-electron chi connectivity index (χ0n) is 15.5. The molecule has 7 heteroatoms. The van der Waals surface area contributed by atoms with E-state index in [1.807, 2.05) is 0 Å². The Kier molecular flexibility index (Phi) is 4.93. The van der Waals surface area contributed by atoms with Crippen molar-refractivity contribution in [1.82, 2.24) is 0 Å². The van der Waals surface area contributed by atoms with Crippen molar-refractivity contribution >= 4 is 29.3 Å². The number of rotatable bonds is 5. The number of imide groups is 1. The Bertz CT molecular complexity index is 1170. The van der Waals surface area contributed by atoms with E-state index in [9.17, 15) is 23.6 Å². The molecule has 3 aromatic rings. The van der Waals surface area contributed by atoms with Gasteiger partial charge in [0.15, 0.2) is 12.4 Å². The Morgan fingerprint density at radius 2 is 1.47 bits per heavy atom. The minimum absolute atomic E-state index is 0.0353. The molecule has 0 spiro atoms. The van der Waals surface area contributed by atoms with Crippen LogP contribution in [0, 0.1) is 5.82 Å². The zero-order chi connectivity index (χ0) is 21.3. The summed E-state index contributed by atoms with van der Waals surface area (Å²) >= 11 is 0. The summed E-state index contributed by atoms with van der Waals surface area (Å²) in [6, 6.07) is 17.3. The number of carbonyl (C=O) groups excluding carboxylic acids is 4. The lowest BCUT2D eigenvalue weighted by molar-refractivity contribution is 0.0474. The monoisotopic (exact) mass is 403 g/mol. The third-order valence-corrected chi connectivity index (χ3v) is 4.64. The van der Waals surface area contributed by atoms with Gasteiger partial charge in [0.1, 0.15) is 5.82 Å². The topological polar surface area (TPSA) is 80.8 Å². The Hall–Kier alpha value is -4.13. The van der Waals surface area contributed by atoms with Crippen molar-refractivity contribution in [3.05, 3.63) is 101 Å². The van der Waals surface area contributed by atoms with Gasteiger partial charge in [-0.25, -0.2) is 14.1 Å². The highest BCUT2D eigenvalue weighted by atomic mass is 19.1. The smallest absolute Gasteiger partial charge is 0.338 e. The van der Waals surface area contributed by atoms with Gasteiger partial charge in [-0.3, -0.25) is 14.4 Å². The summed E-state index contributed by atoms with van der Waals surface area (Å²) in [6.45, 7) is -0.450. The molecule has 0 saturated heterocycles. The molecule has 0 aromatic heterocycles. The van der Waals surface area contributed by atoms with E-state index >= 15 is 0 Å². The number of Topliss-reactive ketones (excluding diaryl/α,β-unsaturated/α-hetero) is 1. The molecule has 0 N–H and O–H groups in total. The molecule has 148 valence electrons. The van der Waals surface area contributed by atoms with Gasteiger partial charge in [0.05, 0.1) is 22.4 Å². The number of anilines is 1. The quantitative estimate of drug-likeness (QED) is 0.369. The molecular weight excluding hydrogens is 389 g/mol. The van der Waals surface area contributed by atoms with Gasteiger partial charge < -0.3 is 4.74 Å². The van der Waals surface area contributed by atoms with Gasteiger partial charge in [-0.1, -0.05) is 30.3 Å². The first-order chi connectivity index (χ1) is 14.5. The van der Waals surface area contributed by atoms with E-state index in [2.05, 4.69) is 0 Å². The predicted molar refractivity (Wildman–Crippen MR) is 105 cm³/mol. The van der Waals surface area contributed by atoms with Crippen LogP contribution in [0.2, 0.25) is 0 Å². The Morgan fingerprint density at radius 3 is 2.17 bits per heavy atom. The highest BCUT2D eigenvalue weighted by molar-refractivity contribution is 6.34. The highest BCUT2D eigenvalue weighted by Crippen LogP contribution is 2.29. The van der Waals surface area contributed by atoms with E-state index in [4.69, 9.17) is 4.74 Å². The van der Waals surface area contributed by atoms with E-state index in [1.165, 1.54) is 30.3 Å². The van der Waals surface area contributed by atoms with Gasteiger partial charge >= 0.3 is 5.97 Å². The third kappa shape index (κ3) is 3.48. The summed E-state index contributed by atoms with van der Waals surface area (Å²) in [6.07, 6.45) is 0. The molecule has 1 aliphatic heterocycles. The van der Waals surface area contributed by atoms with Crippen molar-refractivity contribution in [3.63, 3.8) is 0 Å². The van der Waals surface area contributed by atoms with Crippen LogP contribution in [0.25, 0.3) is 0 Å². The second-order valence-corrected chi connectivity index (χ2v) is 6.55. The lowest BCUT2D eigenvalue weighted by Gasteiger charge is -2.13. The molecule has 0 fully saturated rings. The lowest BCUT2D eigenvalue weighted by Crippen LogP contribution is -2.29. The molecule has 2 amide bonds. The standard InChI is InChI=1S/C23H14FNO5/c24-16-7-9-17(10-8-16)25-21(27)18-11-6-15(12-19(18)22(25)28)23(29)30-13-20(26)14-4-2-1-3-5-14/h1-12H,13H2. The molecule has 3 aromatic carbocycles. The first-order valence-electron chi connectivity index (χ1n) is 8.99. The minimum Gasteiger partial charge on any atom is -0.454 e. The molecule has 0 aliphatic carbocycles. The maximum Gasteiger partial charge on any atom is 0.338 e. The number of ketones is 1. The van der Waals surface area contributed by atoms with Gasteiger partial charge in [0.25, 0.3) is 11.8 Å². The minimum atomic E-state index is -0.789. The van der Waals surface area contributed by atoms with E-state index < -0.39 is 30.2 Å². The second-order valence-electron chi connectivity index (χ2n) is 6.55. The van der Waals surface area contributed by atoms with Gasteiger partial charge in [0.2, 0.25) is 0 Å². The van der Waals surface area contributed by atoms with Crippen LogP contribution in [0.5, 0.6) is 0 Å². The number of nitrogens with zero attached hydrogens (tertiary/aromatic N) is 1. The fourth-order valence-corrected chi connectivity index (χ4v) is 3.11. The average molecular weight is 403 g/mol. The Labute approximate surface area is 170 Å². The van der Waals surface area contributed by atoms with Crippen molar-refractivity contribution in [2.24, 2.45) is 0 Å². The molecule has 1 heterocycles. The summed E-state index contributed by atoms with van der Waals surface area (Å²) in [5.41, 5.74) is 0.835. The van der Waals surface area contributed by atoms with Crippen LogP contribution in [-0.4, -0.2) is 30.2 Å². The van der Waals surface area contributed by atoms with Crippen LogP contribution >= 0.6 is 0 Å². The van der Waals surface area contributed by atoms with Crippen LogP contribution in [0.3, 0.4) is 0 Å². The molecule has 0 saturated carbocycles. The maximum absolute atomic E-state index is 13.1. The Morgan fingerprint density at radius 1 is 0.800 bits per heavy atom. The number of ether oxygens (including phenoxy) is 1. The highest BCUT2D eigenvalue weighted by Gasteiger charge is 2.37. The van der Waals surface area contributed by atoms with E-state index in [0.717, 1.165) is 17.0 Å². The van der Waals surface area contributed by atoms with Crippen LogP contribution in [0.4, 0.5) is 10.1 Å². The lowest BCUT2D eigenvalue weighted by atomic mass is 10.1. The first-order valence-corrected chi connectivity index (χ1v) is 8.99. The number of halogens is 1. The molecule has 4 rings (SSSR count). The fraction of sp³-hybridized carbons (Fsp3) is 0.0435. The molecule has 0 unspecified atom stereocenters. The number of amides is 2. The van der Waals surface area contributed by atoms with Gasteiger partial charge in [0, 0.05) is 5.56 Å². The van der Waals surface area contributed by atoms with Crippen LogP contribution < -0.4 is 4.90 Å². The van der Waals surface area contributed by atoms with Crippen molar-refractivity contribution in [2.45, 2.75) is 0 Å². The van der Waals surface area contributed by atoms with Gasteiger partial charge in [-0.05, 0) is 42.5 Å². The Balaban J connectivity index is 1.52. The molecular formula is C23H14FNO5. The second kappa shape index (κ2) is 7.71. The van der Waals surface area contributed by atoms with E-state index in [0.29, 0.717) is 5.56 Å². The van der Waals surface area contributed by atoms with Gasteiger partial charge in [-0.15, -0.1) is 0 Å². The zero-order valence-corrected chi connectivity index (χ0v) is 15.5. The number of fused-ring (bicyclic) bond motifs is 1. The molecule has 1 aliphatic rings. The van der Waals surface area contributed by atoms with Crippen LogP contribution in [0.1, 0.15) is 41.4 Å². The van der Waals surface area contributed by atoms with Crippen molar-refractivity contribution in [3.8, 4) is 0 Å². The summed E-state index contributed by atoms with van der Waals surface area (Å²) in [5, 5.41) is 0. The fourth-order valence-electron chi connectivity index (χ4n) is 3.11. The van der Waals surface area contributed by atoms with Crippen LogP contribution in [-0.2, 0) is 4.74 Å². The number of benzene rings is 3. The normalized spacial score (nSPS) is 12.6. The summed E-state index contributed by atoms with van der Waals surface area (Å²) < 4.78 is 18.2. The van der Waals surface area contributed by atoms with Crippen molar-refractivity contribution in [2.75, 3.05) is 11.5 Å². The summed E-state index contributed by atoms with van der Waals surface area (Å²) in [4.78, 5) is 50.6. The number of hydrogen-bond acceptors (Lipinski definition) is 5. The molecule has 30 heavy (non-hydrogen) atoms. The largest absolute Gasteiger partial charge is 0.454 e. The molecule has 0 atom stereocenters.